The zero-order chi connectivity index (χ0) is 21.3. The average molecular weight is 404 g/mol. The quantitative estimate of drug-likeness (QED) is 0.436. The number of benzene rings is 1. The normalized spacial score (nSPS) is 22.5. The van der Waals surface area contributed by atoms with E-state index in [9.17, 15) is 0 Å². The monoisotopic (exact) mass is 403 g/mol. The summed E-state index contributed by atoms with van der Waals surface area (Å²) in [5.41, 5.74) is 9.05. The second-order valence-corrected chi connectivity index (χ2v) is 9.41. The molecule has 0 spiro atoms. The third-order valence-corrected chi connectivity index (χ3v) is 7.01. The van der Waals surface area contributed by atoms with E-state index < -0.39 is 0 Å². The molecule has 0 radical (unpaired) electrons. The first-order valence-electron chi connectivity index (χ1n) is 12.0. The Hall–Kier alpha value is -1.86. The van der Waals surface area contributed by atoms with Crippen LogP contribution in [-0.4, -0.2) is 6.54 Å². The van der Waals surface area contributed by atoms with E-state index in [4.69, 9.17) is 0 Å². The van der Waals surface area contributed by atoms with E-state index >= 15 is 0 Å². The first-order chi connectivity index (χ1) is 14.6. The molecule has 0 aliphatic heterocycles. The summed E-state index contributed by atoms with van der Waals surface area (Å²) in [6.45, 7) is 11.1. The molecule has 0 saturated heterocycles. The van der Waals surface area contributed by atoms with Crippen LogP contribution in [0.1, 0.15) is 76.8 Å². The largest absolute Gasteiger partial charge is 0.312 e. The fraction of sp³-hybridized carbons (Fsp3) is 0.517. The van der Waals surface area contributed by atoms with Crippen molar-refractivity contribution in [2.75, 3.05) is 6.54 Å². The minimum absolute atomic E-state index is 0.688. The number of aryl methyl sites for hydroxylation is 1. The molecule has 1 aromatic rings. The Morgan fingerprint density at radius 1 is 1.20 bits per heavy atom. The van der Waals surface area contributed by atoms with Crippen molar-refractivity contribution in [2.24, 2.45) is 11.8 Å². The van der Waals surface area contributed by atoms with Gasteiger partial charge in [-0.15, -0.1) is 0 Å². The van der Waals surface area contributed by atoms with Gasteiger partial charge in [0.25, 0.3) is 0 Å². The second-order valence-electron chi connectivity index (χ2n) is 9.41. The van der Waals surface area contributed by atoms with Gasteiger partial charge in [-0.05, 0) is 101 Å². The number of rotatable bonds is 8. The predicted octanol–water partition coefficient (Wildman–Crippen LogP) is 7.84. The molecule has 0 bridgehead atoms. The van der Waals surface area contributed by atoms with Crippen molar-refractivity contribution in [1.29, 1.82) is 0 Å². The van der Waals surface area contributed by atoms with Crippen LogP contribution in [0.2, 0.25) is 0 Å². The molecule has 1 unspecified atom stereocenters. The summed E-state index contributed by atoms with van der Waals surface area (Å²) in [6, 6.07) is 8.84. The summed E-state index contributed by atoms with van der Waals surface area (Å²) in [5.74, 6) is 1.52. The molecule has 1 nitrogen and oxygen atoms in total. The van der Waals surface area contributed by atoms with Crippen LogP contribution in [-0.2, 0) is 6.54 Å². The molecule has 2 aliphatic rings. The van der Waals surface area contributed by atoms with E-state index in [1.807, 2.05) is 0 Å². The molecule has 30 heavy (non-hydrogen) atoms. The third-order valence-electron chi connectivity index (χ3n) is 7.01. The Balaban J connectivity index is 1.42. The number of nitrogens with one attached hydrogen (secondary N) is 1. The van der Waals surface area contributed by atoms with Crippen molar-refractivity contribution in [2.45, 2.75) is 79.2 Å². The lowest BCUT2D eigenvalue weighted by Crippen LogP contribution is -2.24. The standard InChI is InChI=1S/C29H41N/c1-5-23(3)28-13-7-10-24(4)29(28)14-8-11-25-15-17-26(18-16-25)20-30-21-27-12-6-9-22(2)19-27/h5-7,9,11-13,19,24,26,30H,8,10,14-18,20-21H2,1-4H3/b23-5+,25-11?. The maximum Gasteiger partial charge on any atom is 0.0205 e. The van der Waals surface area contributed by atoms with Crippen LogP contribution < -0.4 is 5.32 Å². The average Bonchev–Trinajstić information content (AvgIpc) is 2.75. The smallest absolute Gasteiger partial charge is 0.0205 e. The highest BCUT2D eigenvalue weighted by molar-refractivity contribution is 5.45. The van der Waals surface area contributed by atoms with Gasteiger partial charge in [0.1, 0.15) is 0 Å². The second kappa shape index (κ2) is 11.5. The maximum absolute atomic E-state index is 3.69. The van der Waals surface area contributed by atoms with Crippen LogP contribution in [0, 0.1) is 18.8 Å². The van der Waals surface area contributed by atoms with Crippen molar-refractivity contribution in [3.63, 3.8) is 0 Å². The van der Waals surface area contributed by atoms with E-state index in [0.717, 1.165) is 19.0 Å². The Morgan fingerprint density at radius 3 is 2.73 bits per heavy atom. The summed E-state index contributed by atoms with van der Waals surface area (Å²) in [7, 11) is 0. The van der Waals surface area contributed by atoms with Gasteiger partial charge in [0, 0.05) is 6.54 Å². The Labute approximate surface area is 185 Å². The first-order valence-corrected chi connectivity index (χ1v) is 12.0. The van der Waals surface area contributed by atoms with Crippen LogP contribution in [0.25, 0.3) is 0 Å². The molecule has 1 N–H and O–H groups in total. The summed E-state index contributed by atoms with van der Waals surface area (Å²) >= 11 is 0. The van der Waals surface area contributed by atoms with Gasteiger partial charge in [-0.2, -0.15) is 0 Å². The molecule has 1 saturated carbocycles. The molecule has 1 heteroatoms. The number of allylic oxidation sites excluding steroid dienone is 8. The molecule has 0 aromatic heterocycles. The fourth-order valence-corrected chi connectivity index (χ4v) is 4.96. The van der Waals surface area contributed by atoms with Crippen LogP contribution in [0.4, 0.5) is 0 Å². The van der Waals surface area contributed by atoms with Gasteiger partial charge in [-0.25, -0.2) is 0 Å². The molecule has 0 heterocycles. The molecule has 162 valence electrons. The van der Waals surface area contributed by atoms with Gasteiger partial charge in [0.15, 0.2) is 0 Å². The van der Waals surface area contributed by atoms with Crippen LogP contribution in [0.3, 0.4) is 0 Å². The first kappa shape index (κ1) is 22.8. The lowest BCUT2D eigenvalue weighted by atomic mass is 9.82. The highest BCUT2D eigenvalue weighted by atomic mass is 14.9. The van der Waals surface area contributed by atoms with Crippen molar-refractivity contribution >= 4 is 0 Å². The topological polar surface area (TPSA) is 12.0 Å². The third kappa shape index (κ3) is 6.57. The van der Waals surface area contributed by atoms with Gasteiger partial charge in [0.05, 0.1) is 0 Å². The Bertz CT molecular complexity index is 811. The molecule has 1 atom stereocenters. The predicted molar refractivity (Wildman–Crippen MR) is 132 cm³/mol. The van der Waals surface area contributed by atoms with Crippen LogP contribution in [0.15, 0.2) is 70.9 Å². The zero-order valence-electron chi connectivity index (χ0n) is 19.6. The lowest BCUT2D eigenvalue weighted by molar-refractivity contribution is 0.383. The molecule has 2 aliphatic carbocycles. The van der Waals surface area contributed by atoms with Gasteiger partial charge in [0.2, 0.25) is 0 Å². The van der Waals surface area contributed by atoms with E-state index in [0.29, 0.717) is 5.92 Å². The van der Waals surface area contributed by atoms with E-state index in [-0.39, 0.29) is 0 Å². The van der Waals surface area contributed by atoms with E-state index in [1.54, 1.807) is 11.1 Å². The van der Waals surface area contributed by atoms with Gasteiger partial charge in [-0.1, -0.05) is 72.2 Å². The Kier molecular flexibility index (Phi) is 8.75. The van der Waals surface area contributed by atoms with Crippen molar-refractivity contribution in [3.05, 3.63) is 82.0 Å². The van der Waals surface area contributed by atoms with Crippen molar-refractivity contribution in [3.8, 4) is 0 Å². The zero-order valence-corrected chi connectivity index (χ0v) is 19.6. The minimum atomic E-state index is 0.688. The summed E-state index contributed by atoms with van der Waals surface area (Å²) < 4.78 is 0. The van der Waals surface area contributed by atoms with E-state index in [1.165, 1.54) is 67.2 Å². The SMILES string of the molecule is C/C=C(\C)C1=C(CCC=C2CCC(CNCc3cccc(C)c3)CC2)C(C)CC=C1. The van der Waals surface area contributed by atoms with Crippen LogP contribution >= 0.6 is 0 Å². The van der Waals surface area contributed by atoms with Crippen molar-refractivity contribution < 1.29 is 0 Å². The minimum Gasteiger partial charge on any atom is -0.312 e. The molecule has 1 fully saturated rings. The molecule has 1 aromatic carbocycles. The summed E-state index contributed by atoms with van der Waals surface area (Å²) in [4.78, 5) is 0. The fourth-order valence-electron chi connectivity index (χ4n) is 4.96. The van der Waals surface area contributed by atoms with Crippen molar-refractivity contribution in [1.82, 2.24) is 5.32 Å². The molecule has 0 amide bonds. The number of hydrogen-bond acceptors (Lipinski definition) is 1. The van der Waals surface area contributed by atoms with Crippen LogP contribution in [0.5, 0.6) is 0 Å². The highest BCUT2D eigenvalue weighted by Gasteiger charge is 2.18. The molecular weight excluding hydrogens is 362 g/mol. The maximum atomic E-state index is 3.69. The van der Waals surface area contributed by atoms with Gasteiger partial charge < -0.3 is 5.32 Å². The number of hydrogen-bond donors (Lipinski definition) is 1. The van der Waals surface area contributed by atoms with Gasteiger partial charge in [-0.3, -0.25) is 0 Å². The molecule has 3 rings (SSSR count). The van der Waals surface area contributed by atoms with Gasteiger partial charge >= 0.3 is 0 Å². The summed E-state index contributed by atoms with van der Waals surface area (Å²) in [5, 5.41) is 3.69. The van der Waals surface area contributed by atoms with E-state index in [2.05, 4.69) is 81.6 Å². The lowest BCUT2D eigenvalue weighted by Gasteiger charge is -2.25. The summed E-state index contributed by atoms with van der Waals surface area (Å²) in [6.07, 6.45) is 18.4. The molecular formula is C29H41N. The Morgan fingerprint density at radius 2 is 2.00 bits per heavy atom. The highest BCUT2D eigenvalue weighted by Crippen LogP contribution is 2.33.